The smallest absolute Gasteiger partial charge is 0.269 e. The molecule has 4 rings (SSSR count). The highest BCUT2D eigenvalue weighted by Gasteiger charge is 2.12. The van der Waals surface area contributed by atoms with Crippen molar-refractivity contribution in [2.45, 2.75) is 6.42 Å². The van der Waals surface area contributed by atoms with Gasteiger partial charge < -0.3 is 5.32 Å². The zero-order chi connectivity index (χ0) is 21.8. The molecule has 0 fully saturated rings. The number of rotatable bonds is 7. The quantitative estimate of drug-likeness (QED) is 0.269. The predicted octanol–water partition coefficient (Wildman–Crippen LogP) is 3.88. The Kier molecular flexibility index (Phi) is 5.80. The van der Waals surface area contributed by atoms with E-state index in [2.05, 4.69) is 15.4 Å². The minimum atomic E-state index is -0.474. The number of nitro groups is 1. The third kappa shape index (κ3) is 4.81. The topological polar surface area (TPSA) is 102 Å². The van der Waals surface area contributed by atoms with Gasteiger partial charge in [0.1, 0.15) is 5.82 Å². The monoisotopic (exact) mass is 437 g/mol. The SMILES string of the molecule is O=C(/C=C/c1ccc([N+](=O)[O-])cc1)NCCc1csc2nc(-c3cccc(F)c3)nn12. The van der Waals surface area contributed by atoms with E-state index in [-0.39, 0.29) is 17.4 Å². The van der Waals surface area contributed by atoms with Crippen molar-refractivity contribution in [1.29, 1.82) is 0 Å². The van der Waals surface area contributed by atoms with E-state index in [1.54, 1.807) is 34.9 Å². The van der Waals surface area contributed by atoms with Crippen molar-refractivity contribution < 1.29 is 14.1 Å². The fourth-order valence-corrected chi connectivity index (χ4v) is 3.75. The van der Waals surface area contributed by atoms with E-state index in [1.165, 1.54) is 41.7 Å². The maximum Gasteiger partial charge on any atom is 0.269 e. The summed E-state index contributed by atoms with van der Waals surface area (Å²) in [5.74, 6) is -0.174. The van der Waals surface area contributed by atoms with Crippen LogP contribution in [-0.4, -0.2) is 32.0 Å². The van der Waals surface area contributed by atoms with E-state index < -0.39 is 4.92 Å². The number of amides is 1. The fraction of sp³-hybridized carbons (Fsp3) is 0.0952. The first-order chi connectivity index (χ1) is 15.0. The molecule has 2 aromatic carbocycles. The van der Waals surface area contributed by atoms with E-state index >= 15 is 0 Å². The van der Waals surface area contributed by atoms with Crippen molar-refractivity contribution in [2.24, 2.45) is 0 Å². The second-order valence-electron chi connectivity index (χ2n) is 6.59. The molecule has 0 aliphatic rings. The van der Waals surface area contributed by atoms with Gasteiger partial charge in [-0.3, -0.25) is 14.9 Å². The van der Waals surface area contributed by atoms with Crippen LogP contribution in [0, 0.1) is 15.9 Å². The summed E-state index contributed by atoms with van der Waals surface area (Å²) in [6.45, 7) is 0.393. The molecule has 1 amide bonds. The molecule has 0 atom stereocenters. The molecule has 0 radical (unpaired) electrons. The number of benzene rings is 2. The summed E-state index contributed by atoms with van der Waals surface area (Å²) in [6.07, 6.45) is 3.51. The van der Waals surface area contributed by atoms with Crippen LogP contribution in [0.3, 0.4) is 0 Å². The average Bonchev–Trinajstić information content (AvgIpc) is 3.34. The first kappa shape index (κ1) is 20.4. The van der Waals surface area contributed by atoms with Crippen LogP contribution < -0.4 is 5.32 Å². The van der Waals surface area contributed by atoms with Gasteiger partial charge in [0.25, 0.3) is 5.69 Å². The second-order valence-corrected chi connectivity index (χ2v) is 7.43. The molecule has 1 N–H and O–H groups in total. The molecule has 0 unspecified atom stereocenters. The Labute approximate surface area is 179 Å². The van der Waals surface area contributed by atoms with Gasteiger partial charge in [0.05, 0.1) is 10.6 Å². The van der Waals surface area contributed by atoms with Crippen LogP contribution in [0.2, 0.25) is 0 Å². The third-order valence-electron chi connectivity index (χ3n) is 4.44. The predicted molar refractivity (Wildman–Crippen MR) is 115 cm³/mol. The molecule has 156 valence electrons. The van der Waals surface area contributed by atoms with E-state index in [1.807, 2.05) is 5.38 Å². The van der Waals surface area contributed by atoms with Crippen LogP contribution in [0.25, 0.3) is 22.4 Å². The summed E-state index contributed by atoms with van der Waals surface area (Å²) in [5, 5.41) is 19.8. The van der Waals surface area contributed by atoms with Gasteiger partial charge in [-0.1, -0.05) is 12.1 Å². The molecule has 0 aliphatic carbocycles. The molecule has 0 spiro atoms. The van der Waals surface area contributed by atoms with E-state index in [4.69, 9.17) is 0 Å². The zero-order valence-electron chi connectivity index (χ0n) is 16.1. The van der Waals surface area contributed by atoms with Gasteiger partial charge in [0.15, 0.2) is 5.82 Å². The van der Waals surface area contributed by atoms with E-state index in [0.717, 1.165) is 5.69 Å². The summed E-state index contributed by atoms with van der Waals surface area (Å²) >= 11 is 1.42. The molecular formula is C21H16FN5O3S. The second kappa shape index (κ2) is 8.84. The molecule has 0 saturated carbocycles. The Balaban J connectivity index is 1.35. The number of non-ortho nitro benzene ring substituents is 1. The van der Waals surface area contributed by atoms with E-state index in [9.17, 15) is 19.3 Å². The van der Waals surface area contributed by atoms with Crippen LogP contribution in [0.1, 0.15) is 11.3 Å². The summed E-state index contributed by atoms with van der Waals surface area (Å²) in [7, 11) is 0. The molecule has 8 nitrogen and oxygen atoms in total. The van der Waals surface area contributed by atoms with Crippen molar-refractivity contribution in [3.8, 4) is 11.4 Å². The Morgan fingerprint density at radius 1 is 1.26 bits per heavy atom. The van der Waals surface area contributed by atoms with Crippen molar-refractivity contribution in [1.82, 2.24) is 19.9 Å². The number of fused-ring (bicyclic) bond motifs is 1. The molecule has 0 bridgehead atoms. The Morgan fingerprint density at radius 2 is 2.06 bits per heavy atom. The highest BCUT2D eigenvalue weighted by molar-refractivity contribution is 7.15. The Hall–Kier alpha value is -3.92. The van der Waals surface area contributed by atoms with Gasteiger partial charge in [0, 0.05) is 42.1 Å². The third-order valence-corrected chi connectivity index (χ3v) is 5.31. The number of nitrogens with zero attached hydrogens (tertiary/aromatic N) is 4. The first-order valence-electron chi connectivity index (χ1n) is 9.29. The maximum atomic E-state index is 13.4. The van der Waals surface area contributed by atoms with E-state index in [0.29, 0.717) is 34.9 Å². The summed E-state index contributed by atoms with van der Waals surface area (Å²) in [6, 6.07) is 12.0. The van der Waals surface area contributed by atoms with Gasteiger partial charge in [-0.15, -0.1) is 16.4 Å². The molecule has 31 heavy (non-hydrogen) atoms. The van der Waals surface area contributed by atoms with Gasteiger partial charge in [-0.25, -0.2) is 8.91 Å². The van der Waals surface area contributed by atoms with Crippen LogP contribution >= 0.6 is 11.3 Å². The van der Waals surface area contributed by atoms with Gasteiger partial charge >= 0.3 is 0 Å². The lowest BCUT2D eigenvalue weighted by molar-refractivity contribution is -0.384. The lowest BCUT2D eigenvalue weighted by Gasteiger charge is -2.01. The number of carbonyl (C=O) groups excluding carboxylic acids is 1. The van der Waals surface area contributed by atoms with Crippen LogP contribution in [-0.2, 0) is 11.2 Å². The number of thiazole rings is 1. The number of hydrogen-bond acceptors (Lipinski definition) is 6. The average molecular weight is 437 g/mol. The lowest BCUT2D eigenvalue weighted by Crippen LogP contribution is -2.23. The zero-order valence-corrected chi connectivity index (χ0v) is 16.9. The van der Waals surface area contributed by atoms with Gasteiger partial charge in [-0.05, 0) is 35.9 Å². The fourth-order valence-electron chi connectivity index (χ4n) is 2.90. The highest BCUT2D eigenvalue weighted by Crippen LogP contribution is 2.21. The maximum absolute atomic E-state index is 13.4. The van der Waals surface area contributed by atoms with Crippen molar-refractivity contribution in [2.75, 3.05) is 6.54 Å². The van der Waals surface area contributed by atoms with Crippen LogP contribution in [0.4, 0.5) is 10.1 Å². The lowest BCUT2D eigenvalue weighted by atomic mass is 10.2. The highest BCUT2D eigenvalue weighted by atomic mass is 32.1. The Bertz CT molecular complexity index is 1280. The number of aromatic nitrogens is 3. The largest absolute Gasteiger partial charge is 0.352 e. The summed E-state index contributed by atoms with van der Waals surface area (Å²) < 4.78 is 15.1. The normalized spacial score (nSPS) is 11.3. The Morgan fingerprint density at radius 3 is 2.81 bits per heavy atom. The molecule has 4 aromatic rings. The van der Waals surface area contributed by atoms with Gasteiger partial charge in [0.2, 0.25) is 10.9 Å². The van der Waals surface area contributed by atoms with Crippen molar-refractivity contribution in [3.05, 3.63) is 87.2 Å². The molecular weight excluding hydrogens is 421 g/mol. The van der Waals surface area contributed by atoms with Crippen molar-refractivity contribution >= 4 is 34.0 Å². The number of halogens is 1. The van der Waals surface area contributed by atoms with Crippen LogP contribution in [0.5, 0.6) is 0 Å². The first-order valence-corrected chi connectivity index (χ1v) is 10.2. The number of nitrogens with one attached hydrogen (secondary N) is 1. The standard InChI is InChI=1S/C21H16FN5O3S/c22-16-3-1-2-15(12-16)20-24-21-26(25-20)18(13-31-21)10-11-23-19(28)9-6-14-4-7-17(8-5-14)27(29)30/h1-9,12-13H,10-11H2,(H,23,28)/b9-6+. The number of nitro benzene ring substituents is 1. The molecule has 2 heterocycles. The number of hydrogen-bond donors (Lipinski definition) is 1. The molecule has 0 aliphatic heterocycles. The molecule has 2 aromatic heterocycles. The van der Waals surface area contributed by atoms with Crippen molar-refractivity contribution in [3.63, 3.8) is 0 Å². The molecule has 10 heteroatoms. The minimum absolute atomic E-state index is 0.00246. The summed E-state index contributed by atoms with van der Waals surface area (Å²) in [4.78, 5) is 27.3. The van der Waals surface area contributed by atoms with Gasteiger partial charge in [-0.2, -0.15) is 4.98 Å². The summed E-state index contributed by atoms with van der Waals surface area (Å²) in [5.41, 5.74) is 2.17. The number of carbonyl (C=O) groups is 1. The van der Waals surface area contributed by atoms with Crippen LogP contribution in [0.15, 0.2) is 60.0 Å². The molecule has 0 saturated heterocycles. The minimum Gasteiger partial charge on any atom is -0.352 e.